The first-order chi connectivity index (χ1) is 12.0. The van der Waals surface area contributed by atoms with E-state index in [1.54, 1.807) is 6.92 Å². The highest BCUT2D eigenvalue weighted by atomic mass is 16.1. The minimum atomic E-state index is -0.0749. The molecule has 0 fully saturated rings. The number of aryl methyl sites for hydroxylation is 2. The molecule has 0 aliphatic carbocycles. The van der Waals surface area contributed by atoms with Gasteiger partial charge in [0.2, 0.25) is 5.91 Å². The van der Waals surface area contributed by atoms with E-state index in [9.17, 15) is 9.59 Å². The van der Waals surface area contributed by atoms with E-state index in [2.05, 4.69) is 35.4 Å². The number of aromatic nitrogens is 1. The second-order valence-corrected chi connectivity index (χ2v) is 6.47. The van der Waals surface area contributed by atoms with Crippen molar-refractivity contribution >= 4 is 16.8 Å². The molecule has 0 spiro atoms. The molecule has 0 saturated carbocycles. The Bertz CT molecular complexity index is 973. The molecule has 0 aliphatic heterocycles. The molecule has 3 rings (SSSR count). The summed E-state index contributed by atoms with van der Waals surface area (Å²) in [5.41, 5.74) is 4.78. The van der Waals surface area contributed by atoms with Gasteiger partial charge in [-0.15, -0.1) is 0 Å². The minimum Gasteiger partial charge on any atom is -0.355 e. The van der Waals surface area contributed by atoms with Crippen molar-refractivity contribution < 1.29 is 4.79 Å². The van der Waals surface area contributed by atoms with Gasteiger partial charge in [0.15, 0.2) is 0 Å². The predicted octanol–water partition coefficient (Wildman–Crippen LogP) is 3.05. The van der Waals surface area contributed by atoms with E-state index < -0.39 is 0 Å². The first kappa shape index (κ1) is 17.0. The van der Waals surface area contributed by atoms with E-state index in [4.69, 9.17) is 0 Å². The van der Waals surface area contributed by atoms with Crippen LogP contribution in [0.1, 0.15) is 22.3 Å². The molecule has 0 unspecified atom stereocenters. The van der Waals surface area contributed by atoms with E-state index in [1.807, 2.05) is 30.3 Å². The maximum Gasteiger partial charge on any atom is 0.251 e. The molecular formula is C21H22N2O2. The topological polar surface area (TPSA) is 62.0 Å². The normalized spacial score (nSPS) is 10.8. The molecule has 3 aromatic rings. The van der Waals surface area contributed by atoms with Crippen LogP contribution in [0.3, 0.4) is 0 Å². The first-order valence-corrected chi connectivity index (χ1v) is 8.46. The van der Waals surface area contributed by atoms with Gasteiger partial charge in [-0.25, -0.2) is 0 Å². The molecule has 1 amide bonds. The summed E-state index contributed by atoms with van der Waals surface area (Å²) in [7, 11) is 0. The molecule has 2 aromatic carbocycles. The van der Waals surface area contributed by atoms with Crippen molar-refractivity contribution in [1.82, 2.24) is 10.3 Å². The summed E-state index contributed by atoms with van der Waals surface area (Å²) in [6.45, 7) is 4.47. The third kappa shape index (κ3) is 4.35. The number of aromatic amines is 1. The average molecular weight is 334 g/mol. The molecule has 2 N–H and O–H groups in total. The molecule has 4 heteroatoms. The van der Waals surface area contributed by atoms with Gasteiger partial charge in [-0.05, 0) is 55.0 Å². The van der Waals surface area contributed by atoms with Crippen LogP contribution in [0.25, 0.3) is 10.9 Å². The fourth-order valence-electron chi connectivity index (χ4n) is 2.94. The number of H-pyrrole nitrogens is 1. The number of carbonyl (C=O) groups excluding carboxylic acids is 1. The van der Waals surface area contributed by atoms with Crippen molar-refractivity contribution in [3.05, 3.63) is 81.1 Å². The SMILES string of the molecule is Cc1cccc(CCNC(=O)Cc2ccc3[nH]c(=O)c(C)cc3c2)c1. The third-order valence-electron chi connectivity index (χ3n) is 4.28. The Kier molecular flexibility index (Phi) is 4.98. The number of hydrogen-bond acceptors (Lipinski definition) is 2. The van der Waals surface area contributed by atoms with Gasteiger partial charge in [0, 0.05) is 17.6 Å². The Morgan fingerprint density at radius 3 is 2.68 bits per heavy atom. The number of benzene rings is 2. The second kappa shape index (κ2) is 7.34. The van der Waals surface area contributed by atoms with E-state index in [0.29, 0.717) is 18.5 Å². The summed E-state index contributed by atoms with van der Waals surface area (Å²) in [6.07, 6.45) is 1.16. The smallest absolute Gasteiger partial charge is 0.251 e. The van der Waals surface area contributed by atoms with Crippen LogP contribution in [0.5, 0.6) is 0 Å². The van der Waals surface area contributed by atoms with Crippen LogP contribution in [0.4, 0.5) is 0 Å². The highest BCUT2D eigenvalue weighted by Gasteiger charge is 2.05. The number of amides is 1. The van der Waals surface area contributed by atoms with Crippen LogP contribution in [0.15, 0.2) is 53.3 Å². The number of hydrogen-bond donors (Lipinski definition) is 2. The summed E-state index contributed by atoms with van der Waals surface area (Å²) in [5, 5.41) is 3.92. The molecular weight excluding hydrogens is 312 g/mol. The molecule has 1 heterocycles. The second-order valence-electron chi connectivity index (χ2n) is 6.47. The van der Waals surface area contributed by atoms with Crippen molar-refractivity contribution in [1.29, 1.82) is 0 Å². The zero-order chi connectivity index (χ0) is 17.8. The van der Waals surface area contributed by atoms with Gasteiger partial charge in [0.05, 0.1) is 6.42 Å². The maximum atomic E-state index is 12.2. The Labute approximate surface area is 146 Å². The zero-order valence-corrected chi connectivity index (χ0v) is 14.6. The van der Waals surface area contributed by atoms with Gasteiger partial charge in [-0.3, -0.25) is 9.59 Å². The van der Waals surface area contributed by atoms with Crippen LogP contribution in [0, 0.1) is 13.8 Å². The summed E-state index contributed by atoms with van der Waals surface area (Å²) in [5.74, 6) is 0.00755. The summed E-state index contributed by atoms with van der Waals surface area (Å²) in [4.78, 5) is 26.6. The van der Waals surface area contributed by atoms with Gasteiger partial charge < -0.3 is 10.3 Å². The lowest BCUT2D eigenvalue weighted by atomic mass is 10.1. The molecule has 0 radical (unpaired) electrons. The van der Waals surface area contributed by atoms with Gasteiger partial charge in [0.1, 0.15) is 0 Å². The van der Waals surface area contributed by atoms with Crippen molar-refractivity contribution in [3.63, 3.8) is 0 Å². The number of fused-ring (bicyclic) bond motifs is 1. The van der Waals surface area contributed by atoms with Crippen molar-refractivity contribution in [2.45, 2.75) is 26.7 Å². The first-order valence-electron chi connectivity index (χ1n) is 8.46. The van der Waals surface area contributed by atoms with Gasteiger partial charge in [-0.2, -0.15) is 0 Å². The maximum absolute atomic E-state index is 12.2. The predicted molar refractivity (Wildman–Crippen MR) is 101 cm³/mol. The summed E-state index contributed by atoms with van der Waals surface area (Å²) >= 11 is 0. The summed E-state index contributed by atoms with van der Waals surface area (Å²) < 4.78 is 0. The number of carbonyl (C=O) groups is 1. The molecule has 0 bridgehead atoms. The minimum absolute atomic E-state index is 0.00755. The number of pyridine rings is 1. The van der Waals surface area contributed by atoms with Crippen LogP contribution in [-0.2, 0) is 17.6 Å². The Hall–Kier alpha value is -2.88. The largest absolute Gasteiger partial charge is 0.355 e. The highest BCUT2D eigenvalue weighted by molar-refractivity contribution is 5.83. The molecule has 25 heavy (non-hydrogen) atoms. The van der Waals surface area contributed by atoms with Crippen molar-refractivity contribution in [2.24, 2.45) is 0 Å². The van der Waals surface area contributed by atoms with Crippen LogP contribution < -0.4 is 10.9 Å². The molecule has 1 aromatic heterocycles. The number of rotatable bonds is 5. The van der Waals surface area contributed by atoms with Crippen LogP contribution >= 0.6 is 0 Å². The molecule has 128 valence electrons. The average Bonchev–Trinajstić information content (AvgIpc) is 2.56. The van der Waals surface area contributed by atoms with Gasteiger partial charge in [-0.1, -0.05) is 35.9 Å². The summed E-state index contributed by atoms with van der Waals surface area (Å²) in [6, 6.07) is 15.9. The van der Waals surface area contributed by atoms with E-state index >= 15 is 0 Å². The molecule has 0 saturated heterocycles. The Balaban J connectivity index is 1.60. The molecule has 0 aliphatic rings. The lowest BCUT2D eigenvalue weighted by Crippen LogP contribution is -2.27. The van der Waals surface area contributed by atoms with Gasteiger partial charge in [0.25, 0.3) is 5.56 Å². The standard InChI is InChI=1S/C21H22N2O2/c1-14-4-3-5-16(10-14)8-9-22-20(24)13-17-6-7-19-18(12-17)11-15(2)21(25)23-19/h3-7,10-12H,8-9,13H2,1-2H3,(H,22,24)(H,23,25). The van der Waals surface area contributed by atoms with Crippen LogP contribution in [-0.4, -0.2) is 17.4 Å². The lowest BCUT2D eigenvalue weighted by Gasteiger charge is -2.07. The van der Waals surface area contributed by atoms with Crippen molar-refractivity contribution in [3.8, 4) is 0 Å². The van der Waals surface area contributed by atoms with E-state index in [0.717, 1.165) is 22.9 Å². The third-order valence-corrected chi connectivity index (χ3v) is 4.28. The number of nitrogens with one attached hydrogen (secondary N) is 2. The molecule has 4 nitrogen and oxygen atoms in total. The monoisotopic (exact) mass is 334 g/mol. The van der Waals surface area contributed by atoms with Crippen LogP contribution in [0.2, 0.25) is 0 Å². The van der Waals surface area contributed by atoms with Crippen molar-refractivity contribution in [2.75, 3.05) is 6.54 Å². The van der Waals surface area contributed by atoms with E-state index in [-0.39, 0.29) is 11.5 Å². The fraction of sp³-hybridized carbons (Fsp3) is 0.238. The Morgan fingerprint density at radius 2 is 1.88 bits per heavy atom. The molecule has 0 atom stereocenters. The zero-order valence-electron chi connectivity index (χ0n) is 14.6. The highest BCUT2D eigenvalue weighted by Crippen LogP contribution is 2.14. The fourth-order valence-corrected chi connectivity index (χ4v) is 2.94. The van der Waals surface area contributed by atoms with E-state index in [1.165, 1.54) is 11.1 Å². The quantitative estimate of drug-likeness (QED) is 0.753. The lowest BCUT2D eigenvalue weighted by molar-refractivity contribution is -0.120. The van der Waals surface area contributed by atoms with Gasteiger partial charge >= 0.3 is 0 Å². The Morgan fingerprint density at radius 1 is 1.04 bits per heavy atom.